The number of unbranched alkanes of at least 4 members (excludes halogenated alkanes) is 1. The van der Waals surface area contributed by atoms with E-state index in [2.05, 4.69) is 4.74 Å². The molecule has 5 heteroatoms. The molecule has 1 fully saturated rings. The Balaban J connectivity index is 2.38. The van der Waals surface area contributed by atoms with E-state index in [1.165, 1.54) is 7.11 Å². The molecule has 1 rings (SSSR count). The lowest BCUT2D eigenvalue weighted by molar-refractivity contribution is -0.140. The second-order valence-electron chi connectivity index (χ2n) is 5.63. The van der Waals surface area contributed by atoms with Crippen LogP contribution in [0.2, 0.25) is 0 Å². The monoisotopic (exact) mass is 298 g/mol. The van der Waals surface area contributed by atoms with Gasteiger partial charge >= 0.3 is 5.97 Å². The molecule has 5 nitrogen and oxygen atoms in total. The number of rotatable bonds is 9. The number of hydrogen-bond donors (Lipinski definition) is 2. The number of aliphatic hydroxyl groups excluding tert-OH is 2. The maximum absolute atomic E-state index is 11.1. The molecule has 4 atom stereocenters. The summed E-state index contributed by atoms with van der Waals surface area (Å²) in [6, 6.07) is 0. The number of aldehydes is 1. The van der Waals surface area contributed by atoms with E-state index in [1.807, 2.05) is 12.2 Å². The van der Waals surface area contributed by atoms with E-state index >= 15 is 0 Å². The van der Waals surface area contributed by atoms with E-state index < -0.39 is 6.10 Å². The second-order valence-corrected chi connectivity index (χ2v) is 5.63. The van der Waals surface area contributed by atoms with E-state index in [-0.39, 0.29) is 30.3 Å². The molecule has 0 aromatic carbocycles. The van der Waals surface area contributed by atoms with Crippen molar-refractivity contribution in [3.63, 3.8) is 0 Å². The van der Waals surface area contributed by atoms with Crippen LogP contribution in [0.15, 0.2) is 12.2 Å². The molecule has 0 heterocycles. The third kappa shape index (κ3) is 5.59. The van der Waals surface area contributed by atoms with Gasteiger partial charge in [-0.05, 0) is 43.9 Å². The lowest BCUT2D eigenvalue weighted by Crippen LogP contribution is -2.29. The average Bonchev–Trinajstić information content (AvgIpc) is 2.92. The van der Waals surface area contributed by atoms with Crippen molar-refractivity contribution < 1.29 is 24.5 Å². The van der Waals surface area contributed by atoms with Crippen LogP contribution in [0, 0.1) is 17.8 Å². The summed E-state index contributed by atoms with van der Waals surface area (Å²) in [5.41, 5.74) is 0. The fourth-order valence-corrected chi connectivity index (χ4v) is 3.10. The van der Waals surface area contributed by atoms with Crippen molar-refractivity contribution in [2.45, 2.75) is 44.6 Å². The lowest BCUT2D eigenvalue weighted by atomic mass is 9.84. The van der Waals surface area contributed by atoms with Gasteiger partial charge in [0.1, 0.15) is 6.29 Å². The largest absolute Gasteiger partial charge is 0.469 e. The minimum Gasteiger partial charge on any atom is -0.469 e. The normalized spacial score (nSPS) is 26.9. The van der Waals surface area contributed by atoms with Gasteiger partial charge in [-0.15, -0.1) is 0 Å². The molecule has 0 bridgehead atoms. The van der Waals surface area contributed by atoms with Gasteiger partial charge < -0.3 is 19.7 Å². The predicted octanol–water partition coefficient (Wildman–Crippen LogP) is 1.47. The zero-order valence-corrected chi connectivity index (χ0v) is 12.6. The van der Waals surface area contributed by atoms with Crippen molar-refractivity contribution in [3.8, 4) is 0 Å². The maximum atomic E-state index is 11.1. The van der Waals surface area contributed by atoms with Crippen LogP contribution < -0.4 is 0 Å². The molecule has 1 aliphatic carbocycles. The molecule has 1 aliphatic rings. The minimum absolute atomic E-state index is 0.00933. The standard InChI is InChI=1S/C16H26O5/c1-21-16(20)7-5-3-2-4-6-13-12(10-17)8-9-14(13)15(19)11-18/h2,4,10,12-15,18-19H,3,5-9,11H2,1H3/b4-2-. The summed E-state index contributed by atoms with van der Waals surface area (Å²) in [5.74, 6) is -0.145. The van der Waals surface area contributed by atoms with Gasteiger partial charge in [-0.3, -0.25) is 4.79 Å². The summed E-state index contributed by atoms with van der Waals surface area (Å²) in [4.78, 5) is 22.0. The van der Waals surface area contributed by atoms with E-state index in [0.29, 0.717) is 6.42 Å². The first-order valence-electron chi connectivity index (χ1n) is 7.60. The lowest BCUT2D eigenvalue weighted by Gasteiger charge is -2.24. The van der Waals surface area contributed by atoms with Crippen LogP contribution in [-0.4, -0.2) is 42.3 Å². The van der Waals surface area contributed by atoms with Crippen LogP contribution in [0.25, 0.3) is 0 Å². The number of hydrogen-bond acceptors (Lipinski definition) is 5. The summed E-state index contributed by atoms with van der Waals surface area (Å²) in [7, 11) is 1.38. The molecule has 0 radical (unpaired) electrons. The topological polar surface area (TPSA) is 83.8 Å². The van der Waals surface area contributed by atoms with E-state index in [1.54, 1.807) is 0 Å². The Kier molecular flexibility index (Phi) is 8.23. The molecule has 21 heavy (non-hydrogen) atoms. The Labute approximate surface area is 126 Å². The average molecular weight is 298 g/mol. The van der Waals surface area contributed by atoms with Crippen molar-refractivity contribution in [3.05, 3.63) is 12.2 Å². The van der Waals surface area contributed by atoms with E-state index in [4.69, 9.17) is 5.11 Å². The van der Waals surface area contributed by atoms with Gasteiger partial charge in [-0.1, -0.05) is 12.2 Å². The molecule has 0 aliphatic heterocycles. The highest BCUT2D eigenvalue weighted by molar-refractivity contribution is 5.69. The molecule has 0 spiro atoms. The first kappa shape index (κ1) is 17.9. The molecule has 0 aromatic heterocycles. The molecule has 120 valence electrons. The minimum atomic E-state index is -0.743. The molecule has 0 aromatic rings. The SMILES string of the molecule is COC(=O)CCC/C=C\CC1C(C=O)CCC1C(O)CO. The van der Waals surface area contributed by atoms with Crippen LogP contribution >= 0.6 is 0 Å². The summed E-state index contributed by atoms with van der Waals surface area (Å²) in [6.07, 6.45) is 8.49. The Morgan fingerprint density at radius 1 is 1.38 bits per heavy atom. The zero-order chi connectivity index (χ0) is 15.7. The van der Waals surface area contributed by atoms with Crippen LogP contribution in [0.5, 0.6) is 0 Å². The third-order valence-electron chi connectivity index (χ3n) is 4.34. The third-order valence-corrected chi connectivity index (χ3v) is 4.34. The molecule has 1 saturated carbocycles. The Morgan fingerprint density at radius 3 is 2.76 bits per heavy atom. The predicted molar refractivity (Wildman–Crippen MR) is 78.5 cm³/mol. The zero-order valence-electron chi connectivity index (χ0n) is 12.6. The summed E-state index contributed by atoms with van der Waals surface area (Å²) >= 11 is 0. The quantitative estimate of drug-likeness (QED) is 0.291. The molecule has 4 unspecified atom stereocenters. The van der Waals surface area contributed by atoms with Crippen molar-refractivity contribution in [1.29, 1.82) is 0 Å². The molecule has 0 saturated heterocycles. The van der Waals surface area contributed by atoms with Gasteiger partial charge in [0.25, 0.3) is 0 Å². The van der Waals surface area contributed by atoms with Gasteiger partial charge in [0, 0.05) is 12.3 Å². The number of methoxy groups -OCH3 is 1. The van der Waals surface area contributed by atoms with Crippen LogP contribution in [0.4, 0.5) is 0 Å². The number of allylic oxidation sites excluding steroid dienone is 2. The van der Waals surface area contributed by atoms with Gasteiger partial charge in [0.15, 0.2) is 0 Å². The van der Waals surface area contributed by atoms with Crippen LogP contribution in [0.1, 0.15) is 38.5 Å². The van der Waals surface area contributed by atoms with Crippen molar-refractivity contribution in [1.82, 2.24) is 0 Å². The van der Waals surface area contributed by atoms with Crippen molar-refractivity contribution in [2.24, 2.45) is 17.8 Å². The van der Waals surface area contributed by atoms with Crippen LogP contribution in [0.3, 0.4) is 0 Å². The van der Waals surface area contributed by atoms with Gasteiger partial charge in [-0.25, -0.2) is 0 Å². The first-order chi connectivity index (χ1) is 10.1. The molecular weight excluding hydrogens is 272 g/mol. The fraction of sp³-hybridized carbons (Fsp3) is 0.750. The highest BCUT2D eigenvalue weighted by atomic mass is 16.5. The number of carbonyl (C=O) groups excluding carboxylic acids is 2. The first-order valence-corrected chi connectivity index (χ1v) is 7.60. The summed E-state index contributed by atoms with van der Waals surface area (Å²) < 4.78 is 4.57. The van der Waals surface area contributed by atoms with Crippen molar-refractivity contribution >= 4 is 12.3 Å². The van der Waals surface area contributed by atoms with Gasteiger partial charge in [0.2, 0.25) is 0 Å². The van der Waals surface area contributed by atoms with E-state index in [0.717, 1.165) is 38.4 Å². The smallest absolute Gasteiger partial charge is 0.305 e. The summed E-state index contributed by atoms with van der Waals surface area (Å²) in [6.45, 7) is -0.254. The Morgan fingerprint density at radius 2 is 2.14 bits per heavy atom. The van der Waals surface area contributed by atoms with Gasteiger partial charge in [-0.2, -0.15) is 0 Å². The Bertz CT molecular complexity index is 353. The highest BCUT2D eigenvalue weighted by Crippen LogP contribution is 2.40. The number of ether oxygens (including phenoxy) is 1. The summed E-state index contributed by atoms with van der Waals surface area (Å²) in [5, 5.41) is 18.9. The maximum Gasteiger partial charge on any atom is 0.305 e. The highest BCUT2D eigenvalue weighted by Gasteiger charge is 2.38. The second kappa shape index (κ2) is 9.68. The number of esters is 1. The van der Waals surface area contributed by atoms with Crippen molar-refractivity contribution in [2.75, 3.05) is 13.7 Å². The number of aliphatic hydroxyl groups is 2. The van der Waals surface area contributed by atoms with E-state index in [9.17, 15) is 14.7 Å². The molecule has 0 amide bonds. The van der Waals surface area contributed by atoms with Crippen LogP contribution in [-0.2, 0) is 14.3 Å². The fourth-order valence-electron chi connectivity index (χ4n) is 3.10. The Hall–Kier alpha value is -1.20. The molecule has 2 N–H and O–H groups in total. The molecular formula is C16H26O5. The van der Waals surface area contributed by atoms with Gasteiger partial charge in [0.05, 0.1) is 19.8 Å². The number of carbonyl (C=O) groups is 2.